The maximum absolute atomic E-state index is 9.78. The molecule has 3 heteroatoms. The third-order valence-electron chi connectivity index (χ3n) is 0.534. The number of aldehydes is 1. The molecule has 0 aromatic heterocycles. The van der Waals surface area contributed by atoms with Crippen LogP contribution in [0, 0.1) is 0 Å². The van der Waals surface area contributed by atoms with Crippen LogP contribution in [0.25, 0.3) is 0 Å². The fraction of sp³-hybridized carbons (Fsp3) is 0.750. The van der Waals surface area contributed by atoms with E-state index in [9.17, 15) is 4.79 Å². The number of rotatable bonds is 3. The van der Waals surface area contributed by atoms with E-state index in [1.807, 2.05) is 0 Å². The molecule has 0 unspecified atom stereocenters. The Morgan fingerprint density at radius 3 is 2.71 bits per heavy atom. The summed E-state index contributed by atoms with van der Waals surface area (Å²) >= 11 is 0.542. The van der Waals surface area contributed by atoms with Gasteiger partial charge in [-0.05, 0) is 0 Å². The van der Waals surface area contributed by atoms with Crippen LogP contribution in [0.1, 0.15) is 0 Å². The van der Waals surface area contributed by atoms with Gasteiger partial charge in [-0.25, -0.2) is 0 Å². The molecule has 0 heterocycles. The topological polar surface area (TPSA) is 43.1 Å². The first-order chi connectivity index (χ1) is 3.31. The summed E-state index contributed by atoms with van der Waals surface area (Å²) in [6.45, 7) is 0. The summed E-state index contributed by atoms with van der Waals surface area (Å²) in [6, 6.07) is -0.204. The monoisotopic (exact) mass is 167 g/mol. The van der Waals surface area contributed by atoms with Crippen LogP contribution < -0.4 is 5.73 Å². The van der Waals surface area contributed by atoms with Crippen molar-refractivity contribution < 1.29 is 4.79 Å². The van der Waals surface area contributed by atoms with Gasteiger partial charge in [-0.3, -0.25) is 0 Å². The van der Waals surface area contributed by atoms with Crippen LogP contribution in [0.3, 0.4) is 0 Å². The Labute approximate surface area is 49.6 Å². The van der Waals surface area contributed by atoms with Crippen molar-refractivity contribution in [1.29, 1.82) is 0 Å². The molecule has 2 N–H and O–H groups in total. The van der Waals surface area contributed by atoms with Gasteiger partial charge in [0.2, 0.25) is 0 Å². The summed E-state index contributed by atoms with van der Waals surface area (Å²) in [6.07, 6.45) is 0.797. The summed E-state index contributed by atoms with van der Waals surface area (Å²) < 4.78 is 0. The number of nitrogens with two attached hydrogens (primary N) is 1. The predicted octanol–water partition coefficient (Wildman–Crippen LogP) is -0.317. The molecule has 0 aromatic rings. The normalized spacial score (nSPS) is 13.4. The second kappa shape index (κ2) is 4.31. The average Bonchev–Trinajstić information content (AvgIpc) is 1.68. The Hall–Kier alpha value is 0.149. The molecule has 0 saturated heterocycles. The Bertz CT molecular complexity index is 57.7. The van der Waals surface area contributed by atoms with E-state index in [-0.39, 0.29) is 6.04 Å². The molecule has 0 spiro atoms. The van der Waals surface area contributed by atoms with E-state index in [1.165, 1.54) is 0 Å². The molecule has 1 atom stereocenters. The second-order valence-corrected chi connectivity index (χ2v) is 3.17. The zero-order valence-corrected chi connectivity index (χ0v) is 5.97. The average molecular weight is 166 g/mol. The minimum absolute atomic E-state index is 0.204. The van der Waals surface area contributed by atoms with Gasteiger partial charge >= 0.3 is 49.0 Å². The molecule has 0 aromatic carbocycles. The van der Waals surface area contributed by atoms with Gasteiger partial charge in [-0.15, -0.1) is 0 Å². The second-order valence-electron chi connectivity index (χ2n) is 1.26. The van der Waals surface area contributed by atoms with E-state index in [0.717, 1.165) is 11.6 Å². The van der Waals surface area contributed by atoms with Crippen LogP contribution in [-0.4, -0.2) is 27.3 Å². The molecule has 0 bridgehead atoms. The minimum atomic E-state index is -0.204. The molecular formula is C4H9NOSe. The molecular weight excluding hydrogens is 157 g/mol. The molecule has 0 aliphatic heterocycles. The van der Waals surface area contributed by atoms with Crippen molar-refractivity contribution in [2.45, 2.75) is 17.2 Å². The Kier molecular flexibility index (Phi) is 4.40. The van der Waals surface area contributed by atoms with Crippen molar-refractivity contribution in [3.8, 4) is 0 Å². The van der Waals surface area contributed by atoms with Gasteiger partial charge in [0.05, 0.1) is 0 Å². The molecule has 0 aliphatic carbocycles. The van der Waals surface area contributed by atoms with E-state index in [1.54, 1.807) is 0 Å². The Morgan fingerprint density at radius 1 is 2.00 bits per heavy atom. The van der Waals surface area contributed by atoms with Gasteiger partial charge < -0.3 is 0 Å². The van der Waals surface area contributed by atoms with Crippen LogP contribution in [0.4, 0.5) is 0 Å². The van der Waals surface area contributed by atoms with Gasteiger partial charge in [0.15, 0.2) is 0 Å². The summed E-state index contributed by atoms with van der Waals surface area (Å²) in [5, 5.41) is 0.872. The quantitative estimate of drug-likeness (QED) is 0.461. The predicted molar refractivity (Wildman–Crippen MR) is 30.5 cm³/mol. The maximum atomic E-state index is 9.78. The molecule has 0 aliphatic rings. The third kappa shape index (κ3) is 3.99. The molecule has 0 saturated carbocycles. The fourth-order valence-corrected chi connectivity index (χ4v) is 1.20. The summed E-state index contributed by atoms with van der Waals surface area (Å²) in [7, 11) is 0. The fourth-order valence-electron chi connectivity index (χ4n) is 0.232. The van der Waals surface area contributed by atoms with Crippen LogP contribution in [0.15, 0.2) is 0 Å². The summed E-state index contributed by atoms with van der Waals surface area (Å²) in [5.74, 6) is 2.07. The molecule has 7 heavy (non-hydrogen) atoms. The zero-order valence-electron chi connectivity index (χ0n) is 4.26. The van der Waals surface area contributed by atoms with E-state index in [4.69, 9.17) is 5.73 Å². The molecule has 0 amide bonds. The standard InChI is InChI=1S/C4H9NOSe/c1-7-3-4(5)2-6/h2,4H,3,5H2,1H3/t4-/m1/s1. The summed E-state index contributed by atoms with van der Waals surface area (Å²) in [5.41, 5.74) is 5.23. The van der Waals surface area contributed by atoms with E-state index in [0.29, 0.717) is 15.0 Å². The molecule has 0 rings (SSSR count). The van der Waals surface area contributed by atoms with Crippen LogP contribution in [0.2, 0.25) is 11.1 Å². The van der Waals surface area contributed by atoms with Crippen molar-refractivity contribution in [2.24, 2.45) is 5.73 Å². The SMILES string of the molecule is C[Se]C[C@H](N)C=O. The first-order valence-corrected chi connectivity index (χ1v) is 4.93. The number of hydrogen-bond donors (Lipinski definition) is 1. The van der Waals surface area contributed by atoms with Gasteiger partial charge in [0, 0.05) is 0 Å². The first kappa shape index (κ1) is 7.15. The number of carbonyl (C=O) groups excluding carboxylic acids is 1. The number of carbonyl (C=O) groups is 1. The molecule has 42 valence electrons. The van der Waals surface area contributed by atoms with Gasteiger partial charge in [0.1, 0.15) is 0 Å². The van der Waals surface area contributed by atoms with Crippen LogP contribution in [0.5, 0.6) is 0 Å². The van der Waals surface area contributed by atoms with E-state index >= 15 is 0 Å². The molecule has 2 nitrogen and oxygen atoms in total. The van der Waals surface area contributed by atoms with Crippen molar-refractivity contribution in [3.63, 3.8) is 0 Å². The Balaban J connectivity index is 2.98. The van der Waals surface area contributed by atoms with Gasteiger partial charge in [-0.2, -0.15) is 0 Å². The zero-order chi connectivity index (χ0) is 5.70. The first-order valence-electron chi connectivity index (χ1n) is 2.01. The van der Waals surface area contributed by atoms with Crippen molar-refractivity contribution in [2.75, 3.05) is 0 Å². The van der Waals surface area contributed by atoms with E-state index in [2.05, 4.69) is 5.82 Å². The number of hydrogen-bond acceptors (Lipinski definition) is 2. The Morgan fingerprint density at radius 2 is 2.57 bits per heavy atom. The molecule has 0 radical (unpaired) electrons. The van der Waals surface area contributed by atoms with Crippen molar-refractivity contribution >= 4 is 21.2 Å². The third-order valence-corrected chi connectivity index (χ3v) is 2.04. The summed E-state index contributed by atoms with van der Waals surface area (Å²) in [4.78, 5) is 9.78. The van der Waals surface area contributed by atoms with Crippen molar-refractivity contribution in [1.82, 2.24) is 0 Å². The van der Waals surface area contributed by atoms with Gasteiger partial charge in [0.25, 0.3) is 0 Å². The van der Waals surface area contributed by atoms with Gasteiger partial charge in [-0.1, -0.05) is 0 Å². The van der Waals surface area contributed by atoms with E-state index < -0.39 is 0 Å². The van der Waals surface area contributed by atoms with Crippen molar-refractivity contribution in [3.05, 3.63) is 0 Å². The van der Waals surface area contributed by atoms with Crippen LogP contribution in [-0.2, 0) is 4.79 Å². The van der Waals surface area contributed by atoms with Crippen LogP contribution >= 0.6 is 0 Å². The molecule has 0 fully saturated rings.